The summed E-state index contributed by atoms with van der Waals surface area (Å²) in [4.78, 5) is 38.0. The summed E-state index contributed by atoms with van der Waals surface area (Å²) in [6.07, 6.45) is 6.22. The van der Waals surface area contributed by atoms with Gasteiger partial charge in [0.25, 0.3) is 0 Å². The quantitative estimate of drug-likeness (QED) is 0.381. The van der Waals surface area contributed by atoms with E-state index in [1.165, 1.54) is 12.1 Å². The number of aryl methyl sites for hydroxylation is 1. The van der Waals surface area contributed by atoms with E-state index in [4.69, 9.17) is 5.21 Å². The summed E-state index contributed by atoms with van der Waals surface area (Å²) in [7, 11) is 0. The molecular formula is C25H35FN4O4. The molecule has 9 heteroatoms. The van der Waals surface area contributed by atoms with Gasteiger partial charge < -0.3 is 15.2 Å². The fourth-order valence-electron chi connectivity index (χ4n) is 4.63. The maximum Gasteiger partial charge on any atom is 0.244 e. The predicted molar refractivity (Wildman–Crippen MR) is 126 cm³/mol. The van der Waals surface area contributed by atoms with Gasteiger partial charge in [0, 0.05) is 48.9 Å². The summed E-state index contributed by atoms with van der Waals surface area (Å²) in [5.74, 6) is -2.29. The van der Waals surface area contributed by atoms with Crippen LogP contribution in [0, 0.1) is 17.7 Å². The van der Waals surface area contributed by atoms with E-state index in [-0.39, 0.29) is 30.5 Å². The molecule has 2 bridgehead atoms. The lowest BCUT2D eigenvalue weighted by molar-refractivity contribution is -0.136. The highest BCUT2D eigenvalue weighted by atomic mass is 19.1. The molecule has 4 N–H and O–H groups in total. The van der Waals surface area contributed by atoms with Crippen molar-refractivity contribution in [2.75, 3.05) is 6.54 Å². The van der Waals surface area contributed by atoms with Crippen molar-refractivity contribution in [1.82, 2.24) is 20.7 Å². The van der Waals surface area contributed by atoms with E-state index in [9.17, 15) is 18.8 Å². The fraction of sp³-hybridized carbons (Fsp3) is 0.560. The first-order valence-electron chi connectivity index (χ1n) is 12.1. The maximum atomic E-state index is 14.1. The van der Waals surface area contributed by atoms with Crippen molar-refractivity contribution in [3.8, 4) is 0 Å². The van der Waals surface area contributed by atoms with Crippen molar-refractivity contribution in [2.45, 2.75) is 71.4 Å². The van der Waals surface area contributed by atoms with Crippen LogP contribution in [0.1, 0.15) is 57.9 Å². The lowest BCUT2D eigenvalue weighted by atomic mass is 9.92. The second kappa shape index (κ2) is 12.0. The number of carbonyl (C=O) groups excluding carboxylic acids is 3. The van der Waals surface area contributed by atoms with E-state index in [0.29, 0.717) is 13.0 Å². The molecule has 34 heavy (non-hydrogen) atoms. The van der Waals surface area contributed by atoms with Crippen LogP contribution in [0.5, 0.6) is 0 Å². The van der Waals surface area contributed by atoms with Gasteiger partial charge in [-0.25, -0.2) is 9.87 Å². The third-order valence-electron chi connectivity index (χ3n) is 6.29. The molecule has 0 aliphatic carbocycles. The van der Waals surface area contributed by atoms with E-state index in [1.54, 1.807) is 11.5 Å². The summed E-state index contributed by atoms with van der Waals surface area (Å²) < 4.78 is 16.2. The van der Waals surface area contributed by atoms with Gasteiger partial charge in [-0.1, -0.05) is 26.7 Å². The minimum absolute atomic E-state index is 0.136. The van der Waals surface area contributed by atoms with Crippen LogP contribution in [0.15, 0.2) is 24.4 Å². The molecule has 0 fully saturated rings. The summed E-state index contributed by atoms with van der Waals surface area (Å²) in [5, 5.41) is 15.4. The molecule has 0 spiro atoms. The largest absolute Gasteiger partial charge is 0.354 e. The zero-order chi connectivity index (χ0) is 24.7. The molecule has 1 aliphatic rings. The Bertz CT molecular complexity index is 1020. The van der Waals surface area contributed by atoms with Gasteiger partial charge in [0.15, 0.2) is 0 Å². The highest BCUT2D eigenvalue weighted by Crippen LogP contribution is 2.25. The van der Waals surface area contributed by atoms with Gasteiger partial charge in [0.2, 0.25) is 17.7 Å². The standard InChI is InChI=1S/C25H35FN4O4/c1-16(2)11-17(13-23(31)29-34)24(32)28-21-12-18-15-30(22-8-7-19(26)14-20(18)22)10-6-4-3-5-9-27-25(21)33/h7-8,14-17,21,34H,3-6,9-13H2,1-2H3,(H,27,33)(H,28,32)(H,29,31)/t17-,21?/m1/s1. The van der Waals surface area contributed by atoms with Crippen LogP contribution < -0.4 is 16.1 Å². The number of nitrogens with one attached hydrogen (secondary N) is 3. The van der Waals surface area contributed by atoms with Gasteiger partial charge in [0.05, 0.1) is 0 Å². The number of benzene rings is 1. The second-order valence-electron chi connectivity index (χ2n) is 9.55. The molecule has 8 nitrogen and oxygen atoms in total. The number of hydrogen-bond acceptors (Lipinski definition) is 4. The van der Waals surface area contributed by atoms with Gasteiger partial charge in [-0.3, -0.25) is 19.6 Å². The SMILES string of the molecule is CC(C)C[C@H](CC(=O)NO)C(=O)NC1Cc2cn(c3ccc(F)cc23)CCCCCCNC1=O. The van der Waals surface area contributed by atoms with E-state index >= 15 is 0 Å². The van der Waals surface area contributed by atoms with Gasteiger partial charge in [-0.2, -0.15) is 0 Å². The Kier molecular flexibility index (Phi) is 9.04. The minimum Gasteiger partial charge on any atom is -0.354 e. The van der Waals surface area contributed by atoms with Crippen molar-refractivity contribution in [3.63, 3.8) is 0 Å². The molecule has 1 aromatic carbocycles. The number of hydrogen-bond donors (Lipinski definition) is 4. The number of fused-ring (bicyclic) bond motifs is 5. The monoisotopic (exact) mass is 474 g/mol. The van der Waals surface area contributed by atoms with E-state index in [2.05, 4.69) is 15.2 Å². The Morgan fingerprint density at radius 3 is 2.74 bits per heavy atom. The van der Waals surface area contributed by atoms with Crippen molar-refractivity contribution < 1.29 is 24.0 Å². The molecule has 1 aliphatic heterocycles. The zero-order valence-electron chi connectivity index (χ0n) is 19.9. The fourth-order valence-corrected chi connectivity index (χ4v) is 4.63. The van der Waals surface area contributed by atoms with E-state index in [0.717, 1.165) is 48.7 Å². The molecule has 0 radical (unpaired) electrons. The summed E-state index contributed by atoms with van der Waals surface area (Å²) >= 11 is 0. The molecule has 1 unspecified atom stereocenters. The Balaban J connectivity index is 1.91. The van der Waals surface area contributed by atoms with Crippen LogP contribution in [0.3, 0.4) is 0 Å². The summed E-state index contributed by atoms with van der Waals surface area (Å²) in [6.45, 7) is 5.19. The maximum absolute atomic E-state index is 14.1. The van der Waals surface area contributed by atoms with Crippen LogP contribution in [-0.4, -0.2) is 40.1 Å². The number of aromatic nitrogens is 1. The molecule has 2 heterocycles. The molecule has 186 valence electrons. The normalized spacial score (nSPS) is 18.4. The van der Waals surface area contributed by atoms with E-state index in [1.807, 2.05) is 20.0 Å². The Morgan fingerprint density at radius 1 is 1.24 bits per heavy atom. The molecule has 3 rings (SSSR count). The third kappa shape index (κ3) is 6.79. The zero-order valence-corrected chi connectivity index (χ0v) is 19.9. The second-order valence-corrected chi connectivity index (χ2v) is 9.55. The lowest BCUT2D eigenvalue weighted by Gasteiger charge is -2.23. The van der Waals surface area contributed by atoms with Gasteiger partial charge in [0.1, 0.15) is 11.9 Å². The van der Waals surface area contributed by atoms with Crippen LogP contribution in [-0.2, 0) is 27.3 Å². The van der Waals surface area contributed by atoms with Crippen LogP contribution in [0.2, 0.25) is 0 Å². The van der Waals surface area contributed by atoms with Crippen LogP contribution in [0.25, 0.3) is 10.9 Å². The Morgan fingerprint density at radius 2 is 2.00 bits per heavy atom. The van der Waals surface area contributed by atoms with Gasteiger partial charge in [-0.05, 0) is 48.9 Å². The van der Waals surface area contributed by atoms with Gasteiger partial charge in [-0.15, -0.1) is 0 Å². The highest BCUT2D eigenvalue weighted by Gasteiger charge is 2.29. The van der Waals surface area contributed by atoms with E-state index < -0.39 is 23.8 Å². The molecule has 3 amide bonds. The highest BCUT2D eigenvalue weighted by molar-refractivity contribution is 5.92. The number of carbonyl (C=O) groups is 3. The van der Waals surface area contributed by atoms with Crippen molar-refractivity contribution in [1.29, 1.82) is 0 Å². The minimum atomic E-state index is -0.873. The van der Waals surface area contributed by atoms with Crippen molar-refractivity contribution in [3.05, 3.63) is 35.8 Å². The average molecular weight is 475 g/mol. The third-order valence-corrected chi connectivity index (χ3v) is 6.29. The molecule has 0 saturated heterocycles. The molecule has 0 saturated carbocycles. The number of hydroxylamine groups is 1. The number of nitrogens with zero attached hydrogens (tertiary/aromatic N) is 1. The molecule has 2 aromatic rings. The molecule has 1 aromatic heterocycles. The van der Waals surface area contributed by atoms with Crippen LogP contribution in [0.4, 0.5) is 4.39 Å². The van der Waals surface area contributed by atoms with Crippen molar-refractivity contribution in [2.24, 2.45) is 11.8 Å². The Hall–Kier alpha value is -2.94. The topological polar surface area (TPSA) is 112 Å². The first-order valence-corrected chi connectivity index (χ1v) is 12.1. The average Bonchev–Trinajstić information content (AvgIpc) is 3.13. The number of amides is 3. The first-order chi connectivity index (χ1) is 16.3. The lowest BCUT2D eigenvalue weighted by Crippen LogP contribution is -2.50. The number of halogens is 1. The summed E-state index contributed by atoms with van der Waals surface area (Å²) in [5.41, 5.74) is 3.26. The Labute approximate surface area is 199 Å². The summed E-state index contributed by atoms with van der Waals surface area (Å²) in [6, 6.07) is 3.78. The van der Waals surface area contributed by atoms with Crippen LogP contribution >= 0.6 is 0 Å². The molecule has 2 atom stereocenters. The van der Waals surface area contributed by atoms with Crippen molar-refractivity contribution >= 4 is 28.6 Å². The van der Waals surface area contributed by atoms with Gasteiger partial charge >= 0.3 is 0 Å². The first kappa shape index (κ1) is 25.7. The number of rotatable bonds is 6. The predicted octanol–water partition coefficient (Wildman–Crippen LogP) is 3.06. The smallest absolute Gasteiger partial charge is 0.244 e. The molecular weight excluding hydrogens is 439 g/mol.